The first-order valence-electron chi connectivity index (χ1n) is 7.99. The fraction of sp³-hybridized carbons (Fsp3) is 0.647. The molecule has 1 amide bonds. The molecular weight excluding hydrogens is 262 g/mol. The largest absolute Gasteiger partial charge is 0.343 e. The van der Waals surface area contributed by atoms with Gasteiger partial charge in [0.05, 0.1) is 0 Å². The molecule has 1 fully saturated rings. The Morgan fingerprint density at radius 1 is 1.33 bits per heavy atom. The van der Waals surface area contributed by atoms with Gasteiger partial charge in [-0.15, -0.1) is 0 Å². The monoisotopic (exact) mass is 289 g/mol. The van der Waals surface area contributed by atoms with E-state index in [9.17, 15) is 4.79 Å². The molecule has 21 heavy (non-hydrogen) atoms. The topological polar surface area (TPSA) is 36.4 Å². The van der Waals surface area contributed by atoms with Crippen molar-refractivity contribution >= 4 is 5.91 Å². The molecule has 0 saturated carbocycles. The van der Waals surface area contributed by atoms with Gasteiger partial charge >= 0.3 is 0 Å². The summed E-state index contributed by atoms with van der Waals surface area (Å²) in [5, 5.41) is 0. The third-order valence-electron chi connectivity index (χ3n) is 4.45. The fourth-order valence-corrected chi connectivity index (χ4v) is 2.83. The number of nitrogens with zero attached hydrogens (tertiary/aromatic N) is 3. The lowest BCUT2D eigenvalue weighted by molar-refractivity contribution is 0.0822. The Labute approximate surface area is 128 Å². The van der Waals surface area contributed by atoms with Crippen LogP contribution < -0.4 is 0 Å². The van der Waals surface area contributed by atoms with Crippen molar-refractivity contribution in [3.05, 3.63) is 29.6 Å². The van der Waals surface area contributed by atoms with Gasteiger partial charge in [-0.05, 0) is 49.9 Å². The molecule has 1 saturated heterocycles. The van der Waals surface area contributed by atoms with Crippen molar-refractivity contribution in [1.82, 2.24) is 14.8 Å². The van der Waals surface area contributed by atoms with E-state index in [-0.39, 0.29) is 5.91 Å². The van der Waals surface area contributed by atoms with Gasteiger partial charge in [0.25, 0.3) is 5.91 Å². The number of pyridine rings is 1. The van der Waals surface area contributed by atoms with Crippen LogP contribution in [0.4, 0.5) is 0 Å². The number of rotatable bonds is 5. The first kappa shape index (κ1) is 16.0. The maximum atomic E-state index is 11.8. The number of piperidine rings is 1. The predicted octanol–water partition coefficient (Wildman–Crippen LogP) is 2.45. The average Bonchev–Trinajstić information content (AvgIpc) is 2.53. The second kappa shape index (κ2) is 7.55. The van der Waals surface area contributed by atoms with Crippen molar-refractivity contribution in [3.63, 3.8) is 0 Å². The Morgan fingerprint density at radius 2 is 2.05 bits per heavy atom. The predicted molar refractivity (Wildman–Crippen MR) is 85.4 cm³/mol. The molecule has 0 radical (unpaired) electrons. The highest BCUT2D eigenvalue weighted by molar-refractivity contribution is 5.91. The van der Waals surface area contributed by atoms with Crippen molar-refractivity contribution < 1.29 is 4.79 Å². The van der Waals surface area contributed by atoms with Gasteiger partial charge in [-0.25, -0.2) is 0 Å². The SMILES string of the molecule is CCC1CCN(CCc2ccc(C(=O)N(C)C)nc2)CC1. The molecule has 0 aromatic carbocycles. The van der Waals surface area contributed by atoms with E-state index >= 15 is 0 Å². The van der Waals surface area contributed by atoms with Crippen molar-refractivity contribution in [2.45, 2.75) is 32.6 Å². The summed E-state index contributed by atoms with van der Waals surface area (Å²) < 4.78 is 0. The Kier molecular flexibility index (Phi) is 5.74. The minimum Gasteiger partial charge on any atom is -0.343 e. The quantitative estimate of drug-likeness (QED) is 0.835. The van der Waals surface area contributed by atoms with Crippen molar-refractivity contribution in [2.24, 2.45) is 5.92 Å². The third kappa shape index (κ3) is 4.53. The van der Waals surface area contributed by atoms with Crippen LogP contribution in [0.15, 0.2) is 18.3 Å². The standard InChI is InChI=1S/C17H27N3O/c1-4-14-7-10-20(11-8-14)12-9-15-5-6-16(18-13-15)17(21)19(2)3/h5-6,13-14H,4,7-12H2,1-3H3. The van der Waals surface area contributed by atoms with Crippen LogP contribution in [0.1, 0.15) is 42.2 Å². The molecule has 116 valence electrons. The molecule has 0 atom stereocenters. The fourth-order valence-electron chi connectivity index (χ4n) is 2.83. The number of hydrogen-bond acceptors (Lipinski definition) is 3. The van der Waals surface area contributed by atoms with Gasteiger partial charge in [0.2, 0.25) is 0 Å². The van der Waals surface area contributed by atoms with E-state index < -0.39 is 0 Å². The summed E-state index contributed by atoms with van der Waals surface area (Å²) in [7, 11) is 3.50. The molecule has 0 N–H and O–H groups in total. The van der Waals surface area contributed by atoms with Gasteiger partial charge in [0.15, 0.2) is 0 Å². The van der Waals surface area contributed by atoms with Crippen LogP contribution in [-0.4, -0.2) is 54.4 Å². The van der Waals surface area contributed by atoms with Crippen LogP contribution in [0.2, 0.25) is 0 Å². The second-order valence-corrected chi connectivity index (χ2v) is 6.19. The molecule has 0 unspecified atom stereocenters. The molecule has 4 nitrogen and oxygen atoms in total. The Hall–Kier alpha value is -1.42. The van der Waals surface area contributed by atoms with Crippen LogP contribution in [0.25, 0.3) is 0 Å². The van der Waals surface area contributed by atoms with Crippen LogP contribution in [0.5, 0.6) is 0 Å². The molecule has 1 aromatic rings. The maximum Gasteiger partial charge on any atom is 0.271 e. The minimum atomic E-state index is -0.0387. The van der Waals surface area contributed by atoms with Gasteiger partial charge in [0.1, 0.15) is 5.69 Å². The molecule has 4 heteroatoms. The summed E-state index contributed by atoms with van der Waals surface area (Å²) in [6, 6.07) is 3.86. The highest BCUT2D eigenvalue weighted by Gasteiger charge is 2.17. The molecule has 1 aromatic heterocycles. The first-order chi connectivity index (χ1) is 10.1. The number of carbonyl (C=O) groups excluding carboxylic acids is 1. The normalized spacial score (nSPS) is 16.9. The smallest absolute Gasteiger partial charge is 0.271 e. The lowest BCUT2D eigenvalue weighted by atomic mass is 9.94. The first-order valence-corrected chi connectivity index (χ1v) is 7.99. The maximum absolute atomic E-state index is 11.8. The van der Waals surface area contributed by atoms with E-state index in [1.54, 1.807) is 19.0 Å². The number of amides is 1. The lowest BCUT2D eigenvalue weighted by Crippen LogP contribution is -2.35. The number of aromatic nitrogens is 1. The van der Waals surface area contributed by atoms with E-state index in [0.717, 1.165) is 18.9 Å². The summed E-state index contributed by atoms with van der Waals surface area (Å²) in [5.74, 6) is 0.891. The zero-order chi connectivity index (χ0) is 15.2. The van der Waals surface area contributed by atoms with Crippen LogP contribution in [0, 0.1) is 5.92 Å². The van der Waals surface area contributed by atoms with Crippen LogP contribution in [-0.2, 0) is 6.42 Å². The highest BCUT2D eigenvalue weighted by Crippen LogP contribution is 2.19. The Balaban J connectivity index is 1.80. The van der Waals surface area contributed by atoms with E-state index in [1.807, 2.05) is 18.3 Å². The lowest BCUT2D eigenvalue weighted by Gasteiger charge is -2.31. The van der Waals surface area contributed by atoms with Gasteiger partial charge in [-0.1, -0.05) is 19.4 Å². The van der Waals surface area contributed by atoms with Crippen molar-refractivity contribution in [2.75, 3.05) is 33.7 Å². The van der Waals surface area contributed by atoms with Gasteiger partial charge in [-0.3, -0.25) is 9.78 Å². The summed E-state index contributed by atoms with van der Waals surface area (Å²) in [6.07, 6.45) is 6.85. The summed E-state index contributed by atoms with van der Waals surface area (Å²) in [5.41, 5.74) is 1.73. The molecule has 0 aliphatic carbocycles. The summed E-state index contributed by atoms with van der Waals surface area (Å²) >= 11 is 0. The zero-order valence-corrected chi connectivity index (χ0v) is 13.5. The molecular formula is C17H27N3O. The van der Waals surface area contributed by atoms with Gasteiger partial charge in [0, 0.05) is 26.8 Å². The zero-order valence-electron chi connectivity index (χ0n) is 13.5. The number of hydrogen-bond donors (Lipinski definition) is 0. The van der Waals surface area contributed by atoms with E-state index in [1.165, 1.54) is 37.9 Å². The Morgan fingerprint density at radius 3 is 2.57 bits per heavy atom. The van der Waals surface area contributed by atoms with Crippen LogP contribution >= 0.6 is 0 Å². The molecule has 0 bridgehead atoms. The van der Waals surface area contributed by atoms with E-state index in [4.69, 9.17) is 0 Å². The van der Waals surface area contributed by atoms with Crippen LogP contribution in [0.3, 0.4) is 0 Å². The van der Waals surface area contributed by atoms with Crippen molar-refractivity contribution in [3.8, 4) is 0 Å². The van der Waals surface area contributed by atoms with Gasteiger partial charge in [-0.2, -0.15) is 0 Å². The van der Waals surface area contributed by atoms with E-state index in [2.05, 4.69) is 16.8 Å². The average molecular weight is 289 g/mol. The molecule has 1 aliphatic rings. The second-order valence-electron chi connectivity index (χ2n) is 6.19. The van der Waals surface area contributed by atoms with Crippen molar-refractivity contribution in [1.29, 1.82) is 0 Å². The molecule has 2 heterocycles. The third-order valence-corrected chi connectivity index (χ3v) is 4.45. The molecule has 2 rings (SSSR count). The van der Waals surface area contributed by atoms with E-state index in [0.29, 0.717) is 5.69 Å². The summed E-state index contributed by atoms with van der Waals surface area (Å²) in [4.78, 5) is 20.2. The van der Waals surface area contributed by atoms with Gasteiger partial charge < -0.3 is 9.80 Å². The minimum absolute atomic E-state index is 0.0387. The highest BCUT2D eigenvalue weighted by atomic mass is 16.2. The molecule has 1 aliphatic heterocycles. The Bertz CT molecular complexity index is 448. The number of carbonyl (C=O) groups is 1. The number of likely N-dealkylation sites (tertiary alicyclic amines) is 1. The summed E-state index contributed by atoms with van der Waals surface area (Å²) in [6.45, 7) is 5.84. The molecule has 0 spiro atoms.